The second kappa shape index (κ2) is 5.93. The molecule has 114 valence electrons. The van der Waals surface area contributed by atoms with Gasteiger partial charge < -0.3 is 9.88 Å². The van der Waals surface area contributed by atoms with Crippen molar-refractivity contribution in [3.63, 3.8) is 0 Å². The highest BCUT2D eigenvalue weighted by Crippen LogP contribution is 2.26. The maximum atomic E-state index is 13.4. The molecule has 0 aliphatic rings. The Morgan fingerprint density at radius 3 is 2.86 bits per heavy atom. The van der Waals surface area contributed by atoms with Crippen LogP contribution < -0.4 is 5.32 Å². The summed E-state index contributed by atoms with van der Waals surface area (Å²) in [4.78, 5) is 12.4. The van der Waals surface area contributed by atoms with Crippen LogP contribution in [0.25, 0.3) is 10.2 Å². The van der Waals surface area contributed by atoms with Crippen LogP contribution in [0.15, 0.2) is 41.8 Å². The molecule has 3 nitrogen and oxygen atoms in total. The number of nitrogens with one attached hydrogen (secondary N) is 1. The molecule has 0 atom stereocenters. The summed E-state index contributed by atoms with van der Waals surface area (Å²) in [6, 6.07) is 10.4. The van der Waals surface area contributed by atoms with E-state index in [1.165, 1.54) is 12.1 Å². The smallest absolute Gasteiger partial charge is 0.268 e. The van der Waals surface area contributed by atoms with Gasteiger partial charge in [-0.2, -0.15) is 0 Å². The second-order valence-corrected chi connectivity index (χ2v) is 6.49. The number of halogens is 1. The van der Waals surface area contributed by atoms with E-state index in [9.17, 15) is 9.18 Å². The van der Waals surface area contributed by atoms with Crippen LogP contribution in [0.3, 0.4) is 0 Å². The average Bonchev–Trinajstić information content (AvgIpc) is 3.01. The number of hydrogen-bond acceptors (Lipinski definition) is 2. The fraction of sp³-hybridized carbons (Fsp3) is 0.235. The molecule has 1 amide bonds. The molecule has 0 saturated carbocycles. The zero-order valence-electron chi connectivity index (χ0n) is 12.5. The maximum absolute atomic E-state index is 13.4. The van der Waals surface area contributed by atoms with Crippen molar-refractivity contribution in [2.75, 3.05) is 0 Å². The topological polar surface area (TPSA) is 34.0 Å². The molecule has 5 heteroatoms. The highest BCUT2D eigenvalue weighted by Gasteiger charge is 2.17. The van der Waals surface area contributed by atoms with E-state index >= 15 is 0 Å². The van der Waals surface area contributed by atoms with Crippen LogP contribution in [-0.2, 0) is 6.54 Å². The zero-order valence-corrected chi connectivity index (χ0v) is 13.3. The van der Waals surface area contributed by atoms with E-state index in [1.807, 2.05) is 42.0 Å². The largest absolute Gasteiger partial charge is 0.349 e. The minimum atomic E-state index is -0.264. The van der Waals surface area contributed by atoms with Gasteiger partial charge in [0.25, 0.3) is 5.91 Å². The van der Waals surface area contributed by atoms with Gasteiger partial charge in [-0.3, -0.25) is 4.79 Å². The third kappa shape index (κ3) is 2.90. The van der Waals surface area contributed by atoms with E-state index in [4.69, 9.17) is 0 Å². The van der Waals surface area contributed by atoms with Crippen molar-refractivity contribution in [2.24, 2.45) is 0 Å². The average molecular weight is 316 g/mol. The quantitative estimate of drug-likeness (QED) is 0.775. The summed E-state index contributed by atoms with van der Waals surface area (Å²) in [5, 5.41) is 4.92. The van der Waals surface area contributed by atoms with Crippen LogP contribution in [0.4, 0.5) is 4.39 Å². The maximum Gasteiger partial charge on any atom is 0.268 e. The Morgan fingerprint density at radius 2 is 2.14 bits per heavy atom. The number of hydrogen-bond donors (Lipinski definition) is 1. The molecule has 0 aliphatic heterocycles. The first-order valence-electron chi connectivity index (χ1n) is 7.16. The van der Waals surface area contributed by atoms with E-state index in [-0.39, 0.29) is 17.8 Å². The summed E-state index contributed by atoms with van der Waals surface area (Å²) in [5.74, 6) is -0.366. The van der Waals surface area contributed by atoms with Crippen molar-refractivity contribution >= 4 is 27.5 Å². The number of amides is 1. The van der Waals surface area contributed by atoms with Crippen molar-refractivity contribution in [1.82, 2.24) is 9.88 Å². The number of aromatic nitrogens is 1. The van der Waals surface area contributed by atoms with Crippen molar-refractivity contribution in [3.05, 3.63) is 58.9 Å². The van der Waals surface area contributed by atoms with E-state index in [1.54, 1.807) is 17.4 Å². The molecule has 0 fully saturated rings. The van der Waals surface area contributed by atoms with Crippen LogP contribution in [-0.4, -0.2) is 16.5 Å². The van der Waals surface area contributed by atoms with Gasteiger partial charge in [-0.05, 0) is 49.1 Å². The lowest BCUT2D eigenvalue weighted by atomic mass is 10.2. The van der Waals surface area contributed by atoms with Gasteiger partial charge in [-0.25, -0.2) is 4.39 Å². The molecule has 0 unspecified atom stereocenters. The van der Waals surface area contributed by atoms with Gasteiger partial charge in [0.2, 0.25) is 0 Å². The normalized spacial score (nSPS) is 11.3. The fourth-order valence-electron chi connectivity index (χ4n) is 2.49. The van der Waals surface area contributed by atoms with Gasteiger partial charge in [0.1, 0.15) is 11.5 Å². The molecule has 2 aromatic heterocycles. The van der Waals surface area contributed by atoms with Gasteiger partial charge in [-0.1, -0.05) is 12.1 Å². The lowest BCUT2D eigenvalue weighted by molar-refractivity contribution is 0.0934. The standard InChI is InChI=1S/C17H17FN2OS/c1-11(2)19-17(21)15-9-16-14(6-7-22-16)20(15)10-12-4-3-5-13(18)8-12/h3-9,11H,10H2,1-2H3,(H,19,21). The van der Waals surface area contributed by atoms with Gasteiger partial charge >= 0.3 is 0 Å². The molecule has 0 radical (unpaired) electrons. The third-order valence-corrected chi connectivity index (χ3v) is 4.26. The number of carbonyl (C=O) groups is 1. The predicted molar refractivity (Wildman–Crippen MR) is 87.9 cm³/mol. The van der Waals surface area contributed by atoms with E-state index in [0.717, 1.165) is 15.8 Å². The molecule has 0 aliphatic carbocycles. The number of carbonyl (C=O) groups excluding carboxylic acids is 1. The molecule has 3 rings (SSSR count). The monoisotopic (exact) mass is 316 g/mol. The number of nitrogens with zero attached hydrogens (tertiary/aromatic N) is 1. The van der Waals surface area contributed by atoms with E-state index in [2.05, 4.69) is 5.32 Å². The Labute approximate surface area is 132 Å². The van der Waals surface area contributed by atoms with Crippen LogP contribution in [0.5, 0.6) is 0 Å². The fourth-order valence-corrected chi connectivity index (χ4v) is 3.31. The molecule has 2 heterocycles. The summed E-state index contributed by atoms with van der Waals surface area (Å²) in [6.45, 7) is 4.33. The Morgan fingerprint density at radius 1 is 1.32 bits per heavy atom. The highest BCUT2D eigenvalue weighted by molar-refractivity contribution is 7.17. The van der Waals surface area contributed by atoms with Crippen molar-refractivity contribution in [3.8, 4) is 0 Å². The van der Waals surface area contributed by atoms with E-state index < -0.39 is 0 Å². The Balaban J connectivity index is 2.02. The van der Waals surface area contributed by atoms with Gasteiger partial charge in [0.05, 0.1) is 10.2 Å². The second-order valence-electron chi connectivity index (χ2n) is 5.54. The predicted octanol–water partition coefficient (Wildman–Crippen LogP) is 4.03. The molecular formula is C17H17FN2OS. The summed E-state index contributed by atoms with van der Waals surface area (Å²) in [5.41, 5.74) is 2.45. The molecule has 1 N–H and O–H groups in total. The summed E-state index contributed by atoms with van der Waals surface area (Å²) in [6.07, 6.45) is 0. The van der Waals surface area contributed by atoms with Crippen LogP contribution in [0, 0.1) is 5.82 Å². The molecular weight excluding hydrogens is 299 g/mol. The van der Waals surface area contributed by atoms with Crippen molar-refractivity contribution < 1.29 is 9.18 Å². The van der Waals surface area contributed by atoms with Gasteiger partial charge in [0.15, 0.2) is 0 Å². The highest BCUT2D eigenvalue weighted by atomic mass is 32.1. The first kappa shape index (κ1) is 14.8. The van der Waals surface area contributed by atoms with Crippen molar-refractivity contribution in [2.45, 2.75) is 26.4 Å². The third-order valence-electron chi connectivity index (χ3n) is 3.40. The first-order chi connectivity index (χ1) is 10.5. The minimum Gasteiger partial charge on any atom is -0.349 e. The first-order valence-corrected chi connectivity index (χ1v) is 8.04. The number of fused-ring (bicyclic) bond motifs is 1. The molecule has 22 heavy (non-hydrogen) atoms. The zero-order chi connectivity index (χ0) is 15.7. The van der Waals surface area contributed by atoms with Crippen LogP contribution in [0.2, 0.25) is 0 Å². The number of rotatable bonds is 4. The molecule has 0 bridgehead atoms. The Kier molecular flexibility index (Phi) is 3.98. The lowest BCUT2D eigenvalue weighted by Gasteiger charge is -2.12. The Bertz CT molecular complexity index is 819. The SMILES string of the molecule is CC(C)NC(=O)c1cc2sccc2n1Cc1cccc(F)c1. The lowest BCUT2D eigenvalue weighted by Crippen LogP contribution is -2.31. The minimum absolute atomic E-state index is 0.0723. The summed E-state index contributed by atoms with van der Waals surface area (Å²) >= 11 is 1.60. The molecule has 1 aromatic carbocycles. The Hall–Kier alpha value is -2.14. The molecule has 0 saturated heterocycles. The molecule has 0 spiro atoms. The summed E-state index contributed by atoms with van der Waals surface area (Å²) < 4.78 is 16.4. The van der Waals surface area contributed by atoms with Crippen LogP contribution in [0.1, 0.15) is 29.9 Å². The molecule has 3 aromatic rings. The number of benzene rings is 1. The van der Waals surface area contributed by atoms with Crippen LogP contribution >= 0.6 is 11.3 Å². The van der Waals surface area contributed by atoms with Gasteiger partial charge in [0, 0.05) is 12.6 Å². The van der Waals surface area contributed by atoms with Crippen molar-refractivity contribution in [1.29, 1.82) is 0 Å². The van der Waals surface area contributed by atoms with Gasteiger partial charge in [-0.15, -0.1) is 11.3 Å². The summed E-state index contributed by atoms with van der Waals surface area (Å²) in [7, 11) is 0. The van der Waals surface area contributed by atoms with E-state index in [0.29, 0.717) is 12.2 Å². The number of thiophene rings is 1.